The first-order valence-corrected chi connectivity index (χ1v) is 7.96. The van der Waals surface area contributed by atoms with Crippen molar-refractivity contribution >= 4 is 23.4 Å². The van der Waals surface area contributed by atoms with Crippen LogP contribution < -0.4 is 10.6 Å². The van der Waals surface area contributed by atoms with Gasteiger partial charge in [-0.1, -0.05) is 6.92 Å². The quantitative estimate of drug-likeness (QED) is 0.888. The van der Waals surface area contributed by atoms with E-state index in [0.717, 1.165) is 12.8 Å². The number of piperidine rings is 1. The first-order valence-electron chi connectivity index (χ1n) is 7.96. The maximum Gasteiger partial charge on any atom is 0.251 e. The Hall–Kier alpha value is -2.37. The van der Waals surface area contributed by atoms with Crippen molar-refractivity contribution in [3.05, 3.63) is 29.8 Å². The van der Waals surface area contributed by atoms with Crippen molar-refractivity contribution in [2.75, 3.05) is 18.4 Å². The molecule has 1 fully saturated rings. The number of anilines is 1. The van der Waals surface area contributed by atoms with Crippen molar-refractivity contribution in [3.8, 4) is 0 Å². The van der Waals surface area contributed by atoms with Crippen LogP contribution in [0.4, 0.5) is 5.69 Å². The largest absolute Gasteiger partial charge is 0.349 e. The third-order valence-corrected chi connectivity index (χ3v) is 3.95. The van der Waals surface area contributed by atoms with E-state index in [2.05, 4.69) is 10.6 Å². The Balaban J connectivity index is 1.85. The zero-order valence-corrected chi connectivity index (χ0v) is 13.6. The van der Waals surface area contributed by atoms with E-state index >= 15 is 0 Å². The fourth-order valence-electron chi connectivity index (χ4n) is 2.67. The van der Waals surface area contributed by atoms with Gasteiger partial charge in [-0.3, -0.25) is 14.4 Å². The normalized spacial score (nSPS) is 15.1. The van der Waals surface area contributed by atoms with Crippen molar-refractivity contribution in [3.63, 3.8) is 0 Å². The van der Waals surface area contributed by atoms with Crippen LogP contribution in [-0.2, 0) is 9.59 Å². The summed E-state index contributed by atoms with van der Waals surface area (Å²) in [5.41, 5.74) is 1.23. The maximum atomic E-state index is 12.2. The summed E-state index contributed by atoms with van der Waals surface area (Å²) in [6.45, 7) is 4.69. The van der Waals surface area contributed by atoms with Crippen LogP contribution in [0.25, 0.3) is 0 Å². The molecule has 0 bridgehead atoms. The van der Waals surface area contributed by atoms with Gasteiger partial charge in [-0.25, -0.2) is 0 Å². The summed E-state index contributed by atoms with van der Waals surface area (Å²) in [5.74, 6) is -0.0985. The number of likely N-dealkylation sites (tertiary alicyclic amines) is 1. The summed E-state index contributed by atoms with van der Waals surface area (Å²) in [7, 11) is 0. The van der Waals surface area contributed by atoms with Crippen LogP contribution in [0.3, 0.4) is 0 Å². The van der Waals surface area contributed by atoms with E-state index < -0.39 is 0 Å². The zero-order chi connectivity index (χ0) is 16.8. The summed E-state index contributed by atoms with van der Waals surface area (Å²) in [4.78, 5) is 36.7. The molecule has 6 nitrogen and oxygen atoms in total. The SMILES string of the molecule is CCC(=O)N1CCC(NC(=O)c2ccc(NC(C)=O)cc2)CC1. The lowest BCUT2D eigenvalue weighted by Crippen LogP contribution is -2.46. The van der Waals surface area contributed by atoms with E-state index in [0.29, 0.717) is 30.8 Å². The molecule has 0 aliphatic carbocycles. The molecule has 2 N–H and O–H groups in total. The number of hydrogen-bond acceptors (Lipinski definition) is 3. The number of benzene rings is 1. The van der Waals surface area contributed by atoms with Crippen LogP contribution in [0.2, 0.25) is 0 Å². The predicted molar refractivity (Wildman–Crippen MR) is 88.1 cm³/mol. The smallest absolute Gasteiger partial charge is 0.251 e. The minimum absolute atomic E-state index is 0.0958. The summed E-state index contributed by atoms with van der Waals surface area (Å²) in [5, 5.41) is 5.67. The molecule has 0 atom stereocenters. The topological polar surface area (TPSA) is 78.5 Å². The second-order valence-corrected chi connectivity index (χ2v) is 5.74. The lowest BCUT2D eigenvalue weighted by molar-refractivity contribution is -0.131. The number of amides is 3. The average Bonchev–Trinajstić information content (AvgIpc) is 2.55. The number of nitrogens with zero attached hydrogens (tertiary/aromatic N) is 1. The van der Waals surface area contributed by atoms with E-state index in [9.17, 15) is 14.4 Å². The highest BCUT2D eigenvalue weighted by Crippen LogP contribution is 2.14. The van der Waals surface area contributed by atoms with Crippen LogP contribution >= 0.6 is 0 Å². The van der Waals surface area contributed by atoms with Gasteiger partial charge in [0.25, 0.3) is 5.91 Å². The van der Waals surface area contributed by atoms with Gasteiger partial charge in [0, 0.05) is 43.7 Å². The van der Waals surface area contributed by atoms with Gasteiger partial charge in [0.2, 0.25) is 11.8 Å². The van der Waals surface area contributed by atoms with E-state index in [-0.39, 0.29) is 23.8 Å². The van der Waals surface area contributed by atoms with E-state index in [1.807, 2.05) is 11.8 Å². The van der Waals surface area contributed by atoms with Gasteiger partial charge in [0.05, 0.1) is 0 Å². The number of hydrogen-bond donors (Lipinski definition) is 2. The summed E-state index contributed by atoms with van der Waals surface area (Å²) in [6, 6.07) is 6.89. The van der Waals surface area contributed by atoms with Gasteiger partial charge in [-0.2, -0.15) is 0 Å². The molecule has 0 saturated carbocycles. The fourth-order valence-corrected chi connectivity index (χ4v) is 2.67. The lowest BCUT2D eigenvalue weighted by atomic mass is 10.0. The zero-order valence-electron chi connectivity index (χ0n) is 13.6. The third-order valence-electron chi connectivity index (χ3n) is 3.95. The van der Waals surface area contributed by atoms with Crippen molar-refractivity contribution in [2.24, 2.45) is 0 Å². The molecule has 2 rings (SSSR count). The van der Waals surface area contributed by atoms with Crippen molar-refractivity contribution in [1.29, 1.82) is 0 Å². The molecule has 0 unspecified atom stereocenters. The summed E-state index contributed by atoms with van der Waals surface area (Å²) >= 11 is 0. The molecule has 0 spiro atoms. The predicted octanol–water partition coefficient (Wildman–Crippen LogP) is 1.78. The van der Waals surface area contributed by atoms with E-state index in [1.165, 1.54) is 6.92 Å². The molecule has 1 aliphatic rings. The molecule has 1 aliphatic heterocycles. The van der Waals surface area contributed by atoms with Crippen molar-refractivity contribution < 1.29 is 14.4 Å². The monoisotopic (exact) mass is 317 g/mol. The van der Waals surface area contributed by atoms with Crippen LogP contribution in [0.15, 0.2) is 24.3 Å². The lowest BCUT2D eigenvalue weighted by Gasteiger charge is -2.32. The molecule has 3 amide bonds. The number of nitrogens with one attached hydrogen (secondary N) is 2. The van der Waals surface area contributed by atoms with Gasteiger partial charge in [0.15, 0.2) is 0 Å². The number of carbonyl (C=O) groups excluding carboxylic acids is 3. The molecule has 1 aromatic carbocycles. The van der Waals surface area contributed by atoms with E-state index in [1.54, 1.807) is 24.3 Å². The average molecular weight is 317 g/mol. The molecule has 0 radical (unpaired) electrons. The van der Waals surface area contributed by atoms with Gasteiger partial charge < -0.3 is 15.5 Å². The standard InChI is InChI=1S/C17H23N3O3/c1-3-16(22)20-10-8-15(9-11-20)19-17(23)13-4-6-14(7-5-13)18-12(2)21/h4-7,15H,3,8-11H2,1-2H3,(H,18,21)(H,19,23). The first-order chi connectivity index (χ1) is 11.0. The van der Waals surface area contributed by atoms with Crippen LogP contribution in [0.1, 0.15) is 43.5 Å². The van der Waals surface area contributed by atoms with Gasteiger partial charge >= 0.3 is 0 Å². The molecule has 1 aromatic rings. The van der Waals surface area contributed by atoms with E-state index in [4.69, 9.17) is 0 Å². The third kappa shape index (κ3) is 4.81. The van der Waals surface area contributed by atoms with Crippen molar-refractivity contribution in [2.45, 2.75) is 39.2 Å². The summed E-state index contributed by atoms with van der Waals surface area (Å²) in [6.07, 6.45) is 2.08. The minimum Gasteiger partial charge on any atom is -0.349 e. The molecular weight excluding hydrogens is 294 g/mol. The molecule has 1 saturated heterocycles. The molecule has 1 heterocycles. The Morgan fingerprint density at radius 1 is 1.13 bits per heavy atom. The van der Waals surface area contributed by atoms with Gasteiger partial charge in [-0.15, -0.1) is 0 Å². The maximum absolute atomic E-state index is 12.2. The van der Waals surface area contributed by atoms with Crippen LogP contribution in [-0.4, -0.2) is 41.8 Å². The minimum atomic E-state index is -0.143. The number of carbonyl (C=O) groups is 3. The molecule has 124 valence electrons. The Kier molecular flexibility index (Phi) is 5.73. The molecule has 0 aromatic heterocycles. The Morgan fingerprint density at radius 3 is 2.26 bits per heavy atom. The second kappa shape index (κ2) is 7.76. The highest BCUT2D eigenvalue weighted by Gasteiger charge is 2.23. The second-order valence-electron chi connectivity index (χ2n) is 5.74. The Morgan fingerprint density at radius 2 is 1.74 bits per heavy atom. The highest BCUT2D eigenvalue weighted by atomic mass is 16.2. The summed E-state index contributed by atoms with van der Waals surface area (Å²) < 4.78 is 0. The van der Waals surface area contributed by atoms with Crippen LogP contribution in [0, 0.1) is 0 Å². The molecular formula is C17H23N3O3. The Labute approximate surface area is 136 Å². The molecule has 23 heavy (non-hydrogen) atoms. The fraction of sp³-hybridized carbons (Fsp3) is 0.471. The first kappa shape index (κ1) is 17.0. The van der Waals surface area contributed by atoms with Crippen LogP contribution in [0.5, 0.6) is 0 Å². The Bertz CT molecular complexity index is 575. The number of rotatable bonds is 4. The highest BCUT2D eigenvalue weighted by molar-refractivity contribution is 5.95. The van der Waals surface area contributed by atoms with Gasteiger partial charge in [0.1, 0.15) is 0 Å². The van der Waals surface area contributed by atoms with Gasteiger partial charge in [-0.05, 0) is 37.1 Å². The van der Waals surface area contributed by atoms with Crippen molar-refractivity contribution in [1.82, 2.24) is 10.2 Å². The molecule has 6 heteroatoms.